The van der Waals surface area contributed by atoms with Crippen molar-refractivity contribution in [3.63, 3.8) is 0 Å². The fraction of sp³-hybridized carbons (Fsp3) is 0.355. The number of rotatable bonds is 6. The van der Waals surface area contributed by atoms with Gasteiger partial charge in [-0.05, 0) is 82.3 Å². The van der Waals surface area contributed by atoms with Crippen molar-refractivity contribution in [3.05, 3.63) is 75.1 Å². The molecule has 2 fully saturated rings. The van der Waals surface area contributed by atoms with Gasteiger partial charge in [0.25, 0.3) is 17.7 Å². The third-order valence-electron chi connectivity index (χ3n) is 8.48. The number of hydrogen-bond donors (Lipinski definition) is 4. The molecule has 2 aromatic carbocycles. The fourth-order valence-corrected chi connectivity index (χ4v) is 6.74. The summed E-state index contributed by atoms with van der Waals surface area (Å²) in [4.78, 5) is 55.2. The molecule has 6 N–H and O–H groups in total. The molecule has 242 valence electrons. The Bertz CT molecular complexity index is 1800. The van der Waals surface area contributed by atoms with Crippen LogP contribution < -0.4 is 21.7 Å². The van der Waals surface area contributed by atoms with Gasteiger partial charge in [-0.2, -0.15) is 5.10 Å². The lowest BCUT2D eigenvalue weighted by molar-refractivity contribution is -0.127. The van der Waals surface area contributed by atoms with Crippen molar-refractivity contribution in [2.75, 3.05) is 11.4 Å². The van der Waals surface area contributed by atoms with Gasteiger partial charge < -0.3 is 26.7 Å². The number of primary amides is 2. The molecule has 15 heteroatoms. The number of halogens is 3. The molecule has 1 saturated heterocycles. The van der Waals surface area contributed by atoms with Gasteiger partial charge in [0.15, 0.2) is 11.4 Å². The average Bonchev–Trinajstić information content (AvgIpc) is 3.72. The van der Waals surface area contributed by atoms with Crippen LogP contribution >= 0.6 is 27.5 Å². The highest BCUT2D eigenvalue weighted by atomic mass is 79.9. The van der Waals surface area contributed by atoms with Gasteiger partial charge >= 0.3 is 0 Å². The van der Waals surface area contributed by atoms with Gasteiger partial charge in [0.1, 0.15) is 11.5 Å². The van der Waals surface area contributed by atoms with Crippen LogP contribution in [0.1, 0.15) is 83.5 Å². The van der Waals surface area contributed by atoms with E-state index in [9.17, 15) is 23.6 Å². The summed E-state index contributed by atoms with van der Waals surface area (Å²) in [6, 6.07) is 10.1. The molecule has 6 rings (SSSR count). The van der Waals surface area contributed by atoms with Crippen LogP contribution in [0.15, 0.2) is 47.2 Å². The highest BCUT2D eigenvalue weighted by Crippen LogP contribution is 2.47. The molecule has 0 atom stereocenters. The van der Waals surface area contributed by atoms with Gasteiger partial charge in [0.05, 0.1) is 28.0 Å². The number of H-pyrrole nitrogens is 1. The number of fused-ring (bicyclic) bond motifs is 1. The molecule has 2 aromatic heterocycles. The van der Waals surface area contributed by atoms with E-state index in [0.717, 1.165) is 34.6 Å². The first-order valence-corrected chi connectivity index (χ1v) is 15.9. The number of nitrogens with zero attached hydrogens (tertiary/aromatic N) is 4. The van der Waals surface area contributed by atoms with Crippen LogP contribution in [0.2, 0.25) is 5.02 Å². The van der Waals surface area contributed by atoms with Crippen LogP contribution in [0.5, 0.6) is 0 Å². The minimum Gasteiger partial charge on any atom is -0.364 e. The second-order valence-corrected chi connectivity index (χ2v) is 13.1. The van der Waals surface area contributed by atoms with Gasteiger partial charge in [-0.15, -0.1) is 0 Å². The predicted octanol–water partition coefficient (Wildman–Crippen LogP) is 4.88. The standard InChI is InChI=1S/C26H27BrClFN4O2.C5H6N4O2/c1-15(2)33-22-13-16(27)3-5-19(22)23(31-33)24(34)30-18-7-9-26(10-8-18)11-12-32(25(26)35)21-6-4-17(29)14-20(21)28;6-4(10)2-3(5(7)11)9-1-8-2/h3-6,13-15,18H,7-12H2,1-2H3,(H,30,34);1H,(H2,6,10)(H2,7,11)(H,8,9)/t18-,26-;. The molecule has 0 unspecified atom stereocenters. The lowest BCUT2D eigenvalue weighted by Crippen LogP contribution is -2.44. The van der Waals surface area contributed by atoms with E-state index >= 15 is 0 Å². The smallest absolute Gasteiger partial charge is 0.272 e. The van der Waals surface area contributed by atoms with E-state index in [2.05, 4.69) is 36.3 Å². The molecular formula is C31H33BrClFN8O4. The number of imidazole rings is 1. The van der Waals surface area contributed by atoms with Crippen molar-refractivity contribution in [1.82, 2.24) is 25.1 Å². The lowest BCUT2D eigenvalue weighted by atomic mass is 9.71. The average molecular weight is 716 g/mol. The van der Waals surface area contributed by atoms with Crippen molar-refractivity contribution in [2.45, 2.75) is 58.0 Å². The summed E-state index contributed by atoms with van der Waals surface area (Å²) in [5.74, 6) is -2.09. The first-order valence-electron chi connectivity index (χ1n) is 14.7. The van der Waals surface area contributed by atoms with Gasteiger partial charge in [0, 0.05) is 28.5 Å². The quantitative estimate of drug-likeness (QED) is 0.221. The van der Waals surface area contributed by atoms with Crippen molar-refractivity contribution >= 4 is 67.7 Å². The van der Waals surface area contributed by atoms with Crippen LogP contribution in [0.3, 0.4) is 0 Å². The molecule has 12 nitrogen and oxygen atoms in total. The van der Waals surface area contributed by atoms with Gasteiger partial charge in [-0.3, -0.25) is 23.9 Å². The number of nitrogens with two attached hydrogens (primary N) is 2. The molecule has 4 aromatic rings. The van der Waals surface area contributed by atoms with Gasteiger partial charge in [-0.1, -0.05) is 27.5 Å². The highest BCUT2D eigenvalue weighted by Gasteiger charge is 2.49. The normalized spacial score (nSPS) is 19.4. The number of benzene rings is 2. The van der Waals surface area contributed by atoms with E-state index < -0.39 is 23.0 Å². The van der Waals surface area contributed by atoms with E-state index in [1.165, 1.54) is 18.5 Å². The van der Waals surface area contributed by atoms with Crippen molar-refractivity contribution in [1.29, 1.82) is 0 Å². The molecule has 3 heterocycles. The SMILES string of the molecule is CC(C)n1nc(C(=O)N[C@H]2CC[C@@]3(CCN(c4ccc(F)cc4Cl)C3=O)CC2)c2ccc(Br)cc21.NC(=O)c1nc[nH]c1C(N)=O. The first-order chi connectivity index (χ1) is 21.8. The summed E-state index contributed by atoms with van der Waals surface area (Å²) in [7, 11) is 0. The highest BCUT2D eigenvalue weighted by molar-refractivity contribution is 9.10. The molecule has 1 aliphatic carbocycles. The molecular weight excluding hydrogens is 683 g/mol. The zero-order valence-electron chi connectivity index (χ0n) is 25.1. The topological polar surface area (TPSA) is 182 Å². The third kappa shape index (κ3) is 6.49. The van der Waals surface area contributed by atoms with Gasteiger partial charge in [0.2, 0.25) is 5.91 Å². The minimum atomic E-state index is -0.778. The maximum absolute atomic E-state index is 13.5. The van der Waals surface area contributed by atoms with E-state index in [1.54, 1.807) is 11.0 Å². The van der Waals surface area contributed by atoms with E-state index in [0.29, 0.717) is 30.8 Å². The maximum atomic E-state index is 13.5. The summed E-state index contributed by atoms with van der Waals surface area (Å²) in [5, 5.41) is 8.85. The Labute approximate surface area is 277 Å². The lowest BCUT2D eigenvalue weighted by Gasteiger charge is -2.36. The third-order valence-corrected chi connectivity index (χ3v) is 9.28. The van der Waals surface area contributed by atoms with Crippen LogP contribution in [-0.4, -0.2) is 56.0 Å². The van der Waals surface area contributed by atoms with Crippen LogP contribution in [-0.2, 0) is 4.79 Å². The Morgan fingerprint density at radius 3 is 2.41 bits per heavy atom. The number of amides is 4. The molecule has 1 saturated carbocycles. The zero-order valence-corrected chi connectivity index (χ0v) is 27.5. The number of nitrogens with one attached hydrogen (secondary N) is 2. The number of hydrogen-bond acceptors (Lipinski definition) is 6. The van der Waals surface area contributed by atoms with Crippen molar-refractivity contribution in [2.24, 2.45) is 16.9 Å². The number of carbonyl (C=O) groups is 4. The molecule has 1 aliphatic heterocycles. The fourth-order valence-electron chi connectivity index (χ4n) is 6.12. The molecule has 1 spiro atoms. The molecule has 2 aliphatic rings. The monoisotopic (exact) mass is 714 g/mol. The Balaban J connectivity index is 0.000000322. The van der Waals surface area contributed by atoms with E-state index in [4.69, 9.17) is 23.1 Å². The second-order valence-electron chi connectivity index (χ2n) is 11.7. The number of aromatic amines is 1. The van der Waals surface area contributed by atoms with Crippen LogP contribution in [0.25, 0.3) is 10.9 Å². The van der Waals surface area contributed by atoms with Gasteiger partial charge in [-0.25, -0.2) is 9.37 Å². The Morgan fingerprint density at radius 1 is 1.09 bits per heavy atom. The predicted molar refractivity (Wildman–Crippen MR) is 174 cm³/mol. The summed E-state index contributed by atoms with van der Waals surface area (Å²) >= 11 is 9.73. The number of carbonyl (C=O) groups excluding carboxylic acids is 4. The summed E-state index contributed by atoms with van der Waals surface area (Å²) in [5.41, 5.74) is 11.0. The largest absolute Gasteiger partial charge is 0.364 e. The zero-order chi connectivity index (χ0) is 33.3. The van der Waals surface area contributed by atoms with Crippen LogP contribution in [0, 0.1) is 11.2 Å². The second kappa shape index (κ2) is 13.2. The Kier molecular flexibility index (Phi) is 9.49. The minimum absolute atomic E-state index is 0.0147. The summed E-state index contributed by atoms with van der Waals surface area (Å²) < 4.78 is 16.3. The van der Waals surface area contributed by atoms with E-state index in [-0.39, 0.29) is 40.3 Å². The maximum Gasteiger partial charge on any atom is 0.272 e. The number of aromatic nitrogens is 4. The molecule has 0 bridgehead atoms. The molecule has 4 amide bonds. The van der Waals surface area contributed by atoms with Crippen LogP contribution in [0.4, 0.5) is 10.1 Å². The summed E-state index contributed by atoms with van der Waals surface area (Å²) in [6.45, 7) is 4.64. The number of anilines is 1. The first kappa shape index (κ1) is 33.1. The van der Waals surface area contributed by atoms with Crippen molar-refractivity contribution in [3.8, 4) is 0 Å². The van der Waals surface area contributed by atoms with E-state index in [1.807, 2.05) is 36.7 Å². The Morgan fingerprint density at radius 2 is 1.80 bits per heavy atom. The molecule has 0 radical (unpaired) electrons. The van der Waals surface area contributed by atoms with Crippen molar-refractivity contribution < 1.29 is 23.6 Å². The summed E-state index contributed by atoms with van der Waals surface area (Å²) in [6.07, 6.45) is 4.74. The Hall–Kier alpha value is -4.30. The molecule has 46 heavy (non-hydrogen) atoms.